The van der Waals surface area contributed by atoms with Crippen LogP contribution in [0.3, 0.4) is 0 Å². The van der Waals surface area contributed by atoms with Gasteiger partial charge in [0.2, 0.25) is 5.91 Å². The van der Waals surface area contributed by atoms with Crippen molar-refractivity contribution in [2.75, 3.05) is 39.4 Å². The van der Waals surface area contributed by atoms with Gasteiger partial charge in [0.15, 0.2) is 0 Å². The number of fused-ring (bicyclic) bond motifs is 1. The molecule has 0 spiro atoms. The Morgan fingerprint density at radius 2 is 1.64 bits per heavy atom. The van der Waals surface area contributed by atoms with Gasteiger partial charge in [0.1, 0.15) is 5.75 Å². The monoisotopic (exact) mass is 583 g/mol. The van der Waals surface area contributed by atoms with E-state index in [-0.39, 0.29) is 30.7 Å². The standard InChI is InChI=1S/C31H32F3N3O5/c32-31(33,34)42-24-11-7-21(8-12-24)19-37-28(23-9-5-22(20-38)6-10-23)27(25-3-1-2-4-26(25)30(37)40)29(39)35-13-14-36-15-17-41-18-16-36/h1-12,27-28,38H,13-20H2,(H,35,39)/t27-,28+/m1/s1. The van der Waals surface area contributed by atoms with Crippen molar-refractivity contribution in [3.63, 3.8) is 0 Å². The molecule has 2 N–H and O–H groups in total. The summed E-state index contributed by atoms with van der Waals surface area (Å²) in [5.41, 5.74) is 2.94. The van der Waals surface area contributed by atoms with Crippen molar-refractivity contribution in [1.29, 1.82) is 0 Å². The average molecular weight is 584 g/mol. The molecule has 222 valence electrons. The van der Waals surface area contributed by atoms with E-state index in [0.717, 1.165) is 13.1 Å². The number of carbonyl (C=O) groups is 2. The van der Waals surface area contributed by atoms with E-state index in [1.807, 2.05) is 0 Å². The van der Waals surface area contributed by atoms with Crippen molar-refractivity contribution >= 4 is 11.8 Å². The summed E-state index contributed by atoms with van der Waals surface area (Å²) in [6.45, 7) is 3.84. The van der Waals surface area contributed by atoms with Crippen LogP contribution in [-0.4, -0.2) is 72.5 Å². The Kier molecular flexibility index (Phi) is 9.10. The molecule has 3 aromatic rings. The van der Waals surface area contributed by atoms with Crippen molar-refractivity contribution in [1.82, 2.24) is 15.1 Å². The van der Waals surface area contributed by atoms with Gasteiger partial charge in [-0.25, -0.2) is 0 Å². The molecule has 0 unspecified atom stereocenters. The van der Waals surface area contributed by atoms with Crippen molar-refractivity contribution in [3.05, 3.63) is 101 Å². The summed E-state index contributed by atoms with van der Waals surface area (Å²) in [6, 6.07) is 18.7. The number of morpholine rings is 1. The lowest BCUT2D eigenvalue weighted by Gasteiger charge is -2.42. The number of nitrogens with zero attached hydrogens (tertiary/aromatic N) is 2. The fourth-order valence-electron chi connectivity index (χ4n) is 5.51. The Labute approximate surface area is 241 Å². The molecule has 11 heteroatoms. The summed E-state index contributed by atoms with van der Waals surface area (Å²) in [5, 5.41) is 12.6. The van der Waals surface area contributed by atoms with Crippen molar-refractivity contribution in [3.8, 4) is 5.75 Å². The fraction of sp³-hybridized carbons (Fsp3) is 0.355. The zero-order chi connectivity index (χ0) is 29.7. The zero-order valence-electron chi connectivity index (χ0n) is 22.8. The number of ether oxygens (including phenoxy) is 2. The lowest BCUT2D eigenvalue weighted by molar-refractivity contribution is -0.274. The van der Waals surface area contributed by atoms with Crippen molar-refractivity contribution in [2.24, 2.45) is 0 Å². The van der Waals surface area contributed by atoms with Gasteiger partial charge in [0.25, 0.3) is 5.91 Å². The van der Waals surface area contributed by atoms with E-state index < -0.39 is 18.3 Å². The second-order valence-electron chi connectivity index (χ2n) is 10.3. The van der Waals surface area contributed by atoms with E-state index >= 15 is 0 Å². The SMILES string of the molecule is O=C(NCCN1CCOCC1)[C@@H]1c2ccccc2C(=O)N(Cc2ccc(OC(F)(F)F)cc2)[C@H]1c1ccc(CO)cc1. The number of aliphatic hydroxyl groups is 1. The molecular formula is C31H32F3N3O5. The van der Waals surface area contributed by atoms with Crippen LogP contribution in [0.1, 0.15) is 44.6 Å². The molecule has 2 aliphatic rings. The van der Waals surface area contributed by atoms with Crippen LogP contribution in [-0.2, 0) is 22.7 Å². The summed E-state index contributed by atoms with van der Waals surface area (Å²) in [6.07, 6.45) is -4.82. The van der Waals surface area contributed by atoms with Crippen LogP contribution in [0.5, 0.6) is 5.75 Å². The predicted molar refractivity (Wildman–Crippen MR) is 148 cm³/mol. The molecule has 2 atom stereocenters. The van der Waals surface area contributed by atoms with Gasteiger partial charge in [-0.2, -0.15) is 0 Å². The number of carbonyl (C=O) groups excluding carboxylic acids is 2. The summed E-state index contributed by atoms with van der Waals surface area (Å²) < 4.78 is 47.4. The Hall–Kier alpha value is -3.93. The van der Waals surface area contributed by atoms with Gasteiger partial charge in [-0.05, 0) is 40.5 Å². The highest BCUT2D eigenvalue weighted by Gasteiger charge is 2.44. The molecule has 0 radical (unpaired) electrons. The van der Waals surface area contributed by atoms with Gasteiger partial charge in [-0.15, -0.1) is 13.2 Å². The first-order chi connectivity index (χ1) is 20.2. The molecule has 0 saturated carbocycles. The highest BCUT2D eigenvalue weighted by Crippen LogP contribution is 2.43. The Bertz CT molecular complexity index is 1380. The number of nitrogens with one attached hydrogen (secondary N) is 1. The molecule has 8 nitrogen and oxygen atoms in total. The maximum Gasteiger partial charge on any atom is 0.573 e. The third kappa shape index (κ3) is 6.92. The maximum atomic E-state index is 13.9. The van der Waals surface area contributed by atoms with Crippen LogP contribution in [0, 0.1) is 0 Å². The van der Waals surface area contributed by atoms with Gasteiger partial charge in [0, 0.05) is 38.3 Å². The van der Waals surface area contributed by atoms with Crippen molar-refractivity contribution in [2.45, 2.75) is 31.5 Å². The largest absolute Gasteiger partial charge is 0.573 e. The zero-order valence-corrected chi connectivity index (χ0v) is 22.8. The first-order valence-corrected chi connectivity index (χ1v) is 13.8. The van der Waals surface area contributed by atoms with Crippen LogP contribution in [0.2, 0.25) is 0 Å². The molecule has 42 heavy (non-hydrogen) atoms. The van der Waals surface area contributed by atoms with Gasteiger partial charge in [-0.1, -0.05) is 54.6 Å². The third-order valence-electron chi connectivity index (χ3n) is 7.57. The topological polar surface area (TPSA) is 91.3 Å². The molecule has 5 rings (SSSR count). The molecule has 1 fully saturated rings. The van der Waals surface area contributed by atoms with Crippen LogP contribution in [0.15, 0.2) is 72.8 Å². The van der Waals surface area contributed by atoms with E-state index in [4.69, 9.17) is 4.74 Å². The van der Waals surface area contributed by atoms with Gasteiger partial charge < -0.3 is 24.8 Å². The normalized spacial score (nSPS) is 19.3. The highest BCUT2D eigenvalue weighted by molar-refractivity contribution is 6.01. The molecule has 3 aromatic carbocycles. The number of hydrogen-bond donors (Lipinski definition) is 2. The van der Waals surface area contributed by atoms with Crippen LogP contribution >= 0.6 is 0 Å². The van der Waals surface area contributed by atoms with Crippen LogP contribution in [0.4, 0.5) is 13.2 Å². The Morgan fingerprint density at radius 1 is 0.976 bits per heavy atom. The third-order valence-corrected chi connectivity index (χ3v) is 7.57. The molecule has 0 aliphatic carbocycles. The summed E-state index contributed by atoms with van der Waals surface area (Å²) >= 11 is 0. The van der Waals surface area contributed by atoms with E-state index in [2.05, 4.69) is 15.0 Å². The number of aliphatic hydroxyl groups excluding tert-OH is 1. The second-order valence-corrected chi connectivity index (χ2v) is 10.3. The smallest absolute Gasteiger partial charge is 0.406 e. The molecule has 0 bridgehead atoms. The number of benzene rings is 3. The van der Waals surface area contributed by atoms with Crippen molar-refractivity contribution < 1.29 is 37.3 Å². The number of hydrogen-bond acceptors (Lipinski definition) is 6. The van der Waals surface area contributed by atoms with Gasteiger partial charge in [-0.3, -0.25) is 14.5 Å². The maximum absolute atomic E-state index is 13.9. The predicted octanol–water partition coefficient (Wildman–Crippen LogP) is 4.01. The summed E-state index contributed by atoms with van der Waals surface area (Å²) in [5.74, 6) is -1.65. The first-order valence-electron chi connectivity index (χ1n) is 13.8. The minimum Gasteiger partial charge on any atom is -0.406 e. The fourth-order valence-corrected chi connectivity index (χ4v) is 5.51. The number of alkyl halides is 3. The van der Waals surface area contributed by atoms with E-state index in [0.29, 0.717) is 54.1 Å². The Balaban J connectivity index is 1.47. The van der Waals surface area contributed by atoms with Crippen LogP contribution < -0.4 is 10.1 Å². The van der Waals surface area contributed by atoms with E-state index in [1.165, 1.54) is 24.3 Å². The molecular weight excluding hydrogens is 551 g/mol. The van der Waals surface area contributed by atoms with Gasteiger partial charge >= 0.3 is 6.36 Å². The number of amides is 2. The van der Waals surface area contributed by atoms with E-state index in [1.54, 1.807) is 53.4 Å². The lowest BCUT2D eigenvalue weighted by Crippen LogP contribution is -2.48. The second kappa shape index (κ2) is 12.9. The summed E-state index contributed by atoms with van der Waals surface area (Å²) in [7, 11) is 0. The first kappa shape index (κ1) is 29.6. The quantitative estimate of drug-likeness (QED) is 0.396. The molecule has 2 aliphatic heterocycles. The lowest BCUT2D eigenvalue weighted by atomic mass is 9.78. The molecule has 1 saturated heterocycles. The Morgan fingerprint density at radius 3 is 2.31 bits per heavy atom. The number of halogens is 3. The van der Waals surface area contributed by atoms with E-state index in [9.17, 15) is 27.9 Å². The molecule has 0 aromatic heterocycles. The van der Waals surface area contributed by atoms with Gasteiger partial charge in [0.05, 0.1) is 31.8 Å². The average Bonchev–Trinajstić information content (AvgIpc) is 2.99. The molecule has 2 amide bonds. The minimum absolute atomic E-state index is 0.0451. The highest BCUT2D eigenvalue weighted by atomic mass is 19.4. The van der Waals surface area contributed by atoms with Crippen LogP contribution in [0.25, 0.3) is 0 Å². The number of rotatable bonds is 9. The molecule has 2 heterocycles. The minimum atomic E-state index is -4.82. The summed E-state index contributed by atoms with van der Waals surface area (Å²) in [4.78, 5) is 31.7.